The minimum Gasteiger partial charge on any atom is -0.506 e. The number of hydrogen-bond acceptors (Lipinski definition) is 5. The molecule has 0 fully saturated rings. The molecule has 1 aromatic heterocycles. The van der Waals surface area contributed by atoms with Crippen LogP contribution in [0.25, 0.3) is 21.7 Å². The van der Waals surface area contributed by atoms with E-state index in [1.165, 1.54) is 0 Å². The largest absolute Gasteiger partial charge is 0.506 e. The molecule has 0 aliphatic heterocycles. The van der Waals surface area contributed by atoms with Crippen LogP contribution in [0.4, 0.5) is 11.5 Å². The summed E-state index contributed by atoms with van der Waals surface area (Å²) < 4.78 is 0. The fraction of sp³-hybridized carbons (Fsp3) is 0. The van der Waals surface area contributed by atoms with Gasteiger partial charge in [-0.05, 0) is 29.7 Å². The maximum absolute atomic E-state index is 10.3. The first kappa shape index (κ1) is 14.1. The van der Waals surface area contributed by atoms with E-state index in [1.807, 2.05) is 42.5 Å². The molecule has 116 valence electrons. The lowest BCUT2D eigenvalue weighted by molar-refractivity contribution is 0.480. The minimum atomic E-state index is 0.0838. The topological polar surface area (TPSA) is 78.1 Å². The lowest BCUT2D eigenvalue weighted by Crippen LogP contribution is -1.79. The van der Waals surface area contributed by atoms with Crippen molar-refractivity contribution in [1.82, 2.24) is 4.98 Å². The van der Waals surface area contributed by atoms with Gasteiger partial charge in [0.15, 0.2) is 11.6 Å². The van der Waals surface area contributed by atoms with Gasteiger partial charge >= 0.3 is 0 Å². The summed E-state index contributed by atoms with van der Waals surface area (Å²) >= 11 is 0. The molecule has 0 aliphatic rings. The molecule has 0 bridgehead atoms. The van der Waals surface area contributed by atoms with Crippen molar-refractivity contribution in [3.8, 4) is 11.5 Å². The summed E-state index contributed by atoms with van der Waals surface area (Å²) in [5.41, 5.74) is 0.838. The van der Waals surface area contributed by atoms with Crippen LogP contribution >= 0.6 is 0 Å². The van der Waals surface area contributed by atoms with Gasteiger partial charge < -0.3 is 10.2 Å². The van der Waals surface area contributed by atoms with Crippen LogP contribution in [0, 0.1) is 0 Å². The normalized spacial score (nSPS) is 11.5. The van der Waals surface area contributed by atoms with E-state index in [0.717, 1.165) is 16.2 Å². The second-order valence-corrected chi connectivity index (χ2v) is 5.37. The number of nitrogens with zero attached hydrogens (tertiary/aromatic N) is 3. The molecule has 0 saturated carbocycles. The van der Waals surface area contributed by atoms with Crippen LogP contribution in [0.15, 0.2) is 77.0 Å². The summed E-state index contributed by atoms with van der Waals surface area (Å²) in [6.07, 6.45) is 0. The molecule has 0 unspecified atom stereocenters. The van der Waals surface area contributed by atoms with E-state index in [0.29, 0.717) is 17.0 Å². The Morgan fingerprint density at radius 1 is 0.708 bits per heavy atom. The second kappa shape index (κ2) is 5.62. The lowest BCUT2D eigenvalue weighted by Gasteiger charge is -2.03. The van der Waals surface area contributed by atoms with Gasteiger partial charge in [0.25, 0.3) is 0 Å². The summed E-state index contributed by atoms with van der Waals surface area (Å²) in [7, 11) is 0. The molecule has 0 amide bonds. The summed E-state index contributed by atoms with van der Waals surface area (Å²) in [5, 5.41) is 30.8. The maximum Gasteiger partial charge on any atom is 0.175 e. The van der Waals surface area contributed by atoms with Crippen molar-refractivity contribution in [3.05, 3.63) is 66.7 Å². The van der Waals surface area contributed by atoms with Crippen LogP contribution < -0.4 is 0 Å². The van der Waals surface area contributed by atoms with Gasteiger partial charge in [0, 0.05) is 10.8 Å². The van der Waals surface area contributed by atoms with Gasteiger partial charge in [-0.1, -0.05) is 42.5 Å². The SMILES string of the molecule is Oc1c(N=Nc2ccc3cccc(O)c3n2)ccc2ccccc12. The van der Waals surface area contributed by atoms with Crippen molar-refractivity contribution in [2.24, 2.45) is 10.2 Å². The zero-order valence-corrected chi connectivity index (χ0v) is 12.6. The lowest BCUT2D eigenvalue weighted by atomic mass is 10.1. The van der Waals surface area contributed by atoms with E-state index in [1.54, 1.807) is 24.3 Å². The quantitative estimate of drug-likeness (QED) is 0.498. The number of hydrogen-bond donors (Lipinski definition) is 2. The van der Waals surface area contributed by atoms with Gasteiger partial charge in [-0.2, -0.15) is 0 Å². The van der Waals surface area contributed by atoms with E-state index in [4.69, 9.17) is 0 Å². The molecular formula is C19H13N3O2. The van der Waals surface area contributed by atoms with E-state index in [9.17, 15) is 10.2 Å². The van der Waals surface area contributed by atoms with Gasteiger partial charge in [-0.3, -0.25) is 0 Å². The molecule has 0 atom stereocenters. The van der Waals surface area contributed by atoms with Crippen LogP contribution in [0.3, 0.4) is 0 Å². The minimum absolute atomic E-state index is 0.0838. The first-order valence-electron chi connectivity index (χ1n) is 7.43. The number of benzene rings is 3. The Hall–Kier alpha value is -3.47. The Labute approximate surface area is 137 Å². The fourth-order valence-electron chi connectivity index (χ4n) is 2.61. The van der Waals surface area contributed by atoms with Crippen molar-refractivity contribution >= 4 is 33.2 Å². The van der Waals surface area contributed by atoms with Gasteiger partial charge in [0.2, 0.25) is 0 Å². The first-order chi connectivity index (χ1) is 11.7. The highest BCUT2D eigenvalue weighted by Gasteiger charge is 2.06. The maximum atomic E-state index is 10.3. The Morgan fingerprint density at radius 2 is 1.50 bits per heavy atom. The third-order valence-corrected chi connectivity index (χ3v) is 3.82. The zero-order chi connectivity index (χ0) is 16.5. The molecule has 24 heavy (non-hydrogen) atoms. The van der Waals surface area contributed by atoms with Crippen molar-refractivity contribution < 1.29 is 10.2 Å². The highest BCUT2D eigenvalue weighted by atomic mass is 16.3. The van der Waals surface area contributed by atoms with Gasteiger partial charge in [-0.25, -0.2) is 4.98 Å². The number of fused-ring (bicyclic) bond motifs is 2. The van der Waals surface area contributed by atoms with Crippen LogP contribution in [0.5, 0.6) is 11.5 Å². The molecule has 3 aromatic carbocycles. The Bertz CT molecular complexity index is 1090. The fourth-order valence-corrected chi connectivity index (χ4v) is 2.61. The molecule has 0 radical (unpaired) electrons. The Kier molecular flexibility index (Phi) is 3.31. The summed E-state index contributed by atoms with van der Waals surface area (Å²) in [5.74, 6) is 0.537. The highest BCUT2D eigenvalue weighted by molar-refractivity contribution is 5.92. The molecular weight excluding hydrogens is 302 g/mol. The molecule has 5 heteroatoms. The monoisotopic (exact) mass is 315 g/mol. The summed E-state index contributed by atoms with van der Waals surface area (Å²) in [4.78, 5) is 4.29. The van der Waals surface area contributed by atoms with E-state index >= 15 is 0 Å². The van der Waals surface area contributed by atoms with Crippen molar-refractivity contribution in [3.63, 3.8) is 0 Å². The van der Waals surface area contributed by atoms with E-state index in [-0.39, 0.29) is 11.5 Å². The number of para-hydroxylation sites is 1. The van der Waals surface area contributed by atoms with E-state index < -0.39 is 0 Å². The summed E-state index contributed by atoms with van der Waals surface area (Å²) in [6, 6.07) is 19.8. The average molecular weight is 315 g/mol. The molecule has 0 aliphatic carbocycles. The third kappa shape index (κ3) is 2.42. The number of phenolic OH excluding ortho intramolecular Hbond substituents is 2. The van der Waals surface area contributed by atoms with E-state index in [2.05, 4.69) is 15.2 Å². The Balaban J connectivity index is 1.75. The number of aromatic hydroxyl groups is 2. The molecule has 2 N–H and O–H groups in total. The third-order valence-electron chi connectivity index (χ3n) is 3.82. The van der Waals surface area contributed by atoms with Gasteiger partial charge in [-0.15, -0.1) is 10.2 Å². The van der Waals surface area contributed by atoms with Gasteiger partial charge in [0.05, 0.1) is 0 Å². The van der Waals surface area contributed by atoms with Crippen LogP contribution in [0.1, 0.15) is 0 Å². The molecule has 4 aromatic rings. The van der Waals surface area contributed by atoms with Crippen LogP contribution in [-0.2, 0) is 0 Å². The number of azo groups is 1. The standard InChI is InChI=1S/C19H13N3O2/c23-16-7-3-5-13-9-11-17(20-18(13)16)22-21-15-10-8-12-4-1-2-6-14(12)19(15)24/h1-11,23-24H. The van der Waals surface area contributed by atoms with Crippen LogP contribution in [0.2, 0.25) is 0 Å². The zero-order valence-electron chi connectivity index (χ0n) is 12.6. The number of rotatable bonds is 2. The smallest absolute Gasteiger partial charge is 0.175 e. The molecule has 5 nitrogen and oxygen atoms in total. The number of aromatic nitrogens is 1. The second-order valence-electron chi connectivity index (χ2n) is 5.37. The molecule has 0 spiro atoms. The first-order valence-corrected chi connectivity index (χ1v) is 7.43. The number of pyridine rings is 1. The predicted octanol–water partition coefficient (Wildman–Crippen LogP) is 5.21. The number of phenols is 2. The molecule has 1 heterocycles. The summed E-state index contributed by atoms with van der Waals surface area (Å²) in [6.45, 7) is 0. The molecule has 0 saturated heterocycles. The predicted molar refractivity (Wildman–Crippen MR) is 93.2 cm³/mol. The van der Waals surface area contributed by atoms with Gasteiger partial charge in [0.1, 0.15) is 17.0 Å². The van der Waals surface area contributed by atoms with Crippen molar-refractivity contribution in [2.75, 3.05) is 0 Å². The highest BCUT2D eigenvalue weighted by Crippen LogP contribution is 2.35. The van der Waals surface area contributed by atoms with Crippen molar-refractivity contribution in [1.29, 1.82) is 0 Å². The molecule has 4 rings (SSSR count). The Morgan fingerprint density at radius 3 is 2.42 bits per heavy atom. The van der Waals surface area contributed by atoms with Crippen molar-refractivity contribution in [2.45, 2.75) is 0 Å². The average Bonchev–Trinajstić information content (AvgIpc) is 2.62. The van der Waals surface area contributed by atoms with Crippen LogP contribution in [-0.4, -0.2) is 15.2 Å².